The molecule has 0 aliphatic heterocycles. The van der Waals surface area contributed by atoms with E-state index in [4.69, 9.17) is 0 Å². The highest BCUT2D eigenvalue weighted by atomic mass is 16.1. The van der Waals surface area contributed by atoms with Crippen LogP contribution in [0.3, 0.4) is 0 Å². The molecule has 1 fully saturated rings. The molecular weight excluding hydrogens is 236 g/mol. The van der Waals surface area contributed by atoms with Gasteiger partial charge in [-0.2, -0.15) is 0 Å². The minimum absolute atomic E-state index is 0.109. The molecule has 0 spiro atoms. The van der Waals surface area contributed by atoms with Gasteiger partial charge in [0.1, 0.15) is 0 Å². The minimum Gasteiger partial charge on any atom is -0.336 e. The average molecular weight is 258 g/mol. The summed E-state index contributed by atoms with van der Waals surface area (Å²) in [5.74, 6) is 0. The first-order chi connectivity index (χ1) is 9.08. The number of pyridine rings is 1. The number of amides is 1. The second kappa shape index (κ2) is 5.55. The molecule has 1 saturated carbocycles. The Morgan fingerprint density at radius 1 is 1.42 bits per heavy atom. The molecule has 1 aromatic heterocycles. The number of nitrogens with zero attached hydrogens (tertiary/aromatic N) is 2. The molecule has 1 aliphatic carbocycles. The summed E-state index contributed by atoms with van der Waals surface area (Å²) in [5.41, 5.74) is 4.39. The number of hydrogen-bond acceptors (Lipinski definition) is 2. The van der Waals surface area contributed by atoms with Gasteiger partial charge in [0.25, 0.3) is 0 Å². The van der Waals surface area contributed by atoms with Crippen LogP contribution in [0.5, 0.6) is 0 Å². The van der Waals surface area contributed by atoms with E-state index in [1.54, 1.807) is 0 Å². The van der Waals surface area contributed by atoms with Crippen molar-refractivity contribution in [3.8, 4) is 0 Å². The molecule has 1 heterocycles. The van der Waals surface area contributed by atoms with Gasteiger partial charge >= 0.3 is 0 Å². The third-order valence-electron chi connectivity index (χ3n) is 3.83. The largest absolute Gasteiger partial charge is 0.336 e. The molecule has 102 valence electrons. The molecule has 19 heavy (non-hydrogen) atoms. The second-order valence-electron chi connectivity index (χ2n) is 5.29. The predicted molar refractivity (Wildman–Crippen MR) is 77.7 cm³/mol. The Hall–Kier alpha value is -1.64. The summed E-state index contributed by atoms with van der Waals surface area (Å²) in [6.07, 6.45) is 5.35. The molecule has 2 rings (SSSR count). The quantitative estimate of drug-likeness (QED) is 0.760. The van der Waals surface area contributed by atoms with E-state index in [1.165, 1.54) is 5.57 Å². The van der Waals surface area contributed by atoms with Crippen molar-refractivity contribution in [3.63, 3.8) is 0 Å². The number of carbonyl (C=O) groups excluding carboxylic acids is 1. The van der Waals surface area contributed by atoms with Crippen LogP contribution in [0.2, 0.25) is 0 Å². The van der Waals surface area contributed by atoms with Gasteiger partial charge in [0.15, 0.2) is 0 Å². The molecule has 1 atom stereocenters. The summed E-state index contributed by atoms with van der Waals surface area (Å²) < 4.78 is 0. The van der Waals surface area contributed by atoms with Crippen LogP contribution < -0.4 is 0 Å². The lowest BCUT2D eigenvalue weighted by molar-refractivity contribution is -0.119. The first-order valence-electron chi connectivity index (χ1n) is 6.92. The SMILES string of the molecule is C/C=C(\c1ccc(C)nc1C)C(C)N(C=O)C1CC1. The van der Waals surface area contributed by atoms with Gasteiger partial charge in [-0.05, 0) is 52.2 Å². The Morgan fingerprint density at radius 2 is 2.11 bits per heavy atom. The molecule has 3 nitrogen and oxygen atoms in total. The molecule has 1 aromatic rings. The van der Waals surface area contributed by atoms with Gasteiger partial charge in [-0.1, -0.05) is 12.1 Å². The zero-order valence-corrected chi connectivity index (χ0v) is 12.2. The fourth-order valence-electron chi connectivity index (χ4n) is 2.64. The van der Waals surface area contributed by atoms with Crippen molar-refractivity contribution in [2.24, 2.45) is 0 Å². The lowest BCUT2D eigenvalue weighted by atomic mass is 9.97. The minimum atomic E-state index is 0.109. The summed E-state index contributed by atoms with van der Waals surface area (Å²) in [7, 11) is 0. The highest BCUT2D eigenvalue weighted by Crippen LogP contribution is 2.32. The van der Waals surface area contributed by atoms with Crippen LogP contribution in [0.4, 0.5) is 0 Å². The third kappa shape index (κ3) is 2.86. The van der Waals surface area contributed by atoms with E-state index >= 15 is 0 Å². The highest BCUT2D eigenvalue weighted by Gasteiger charge is 2.32. The van der Waals surface area contributed by atoms with Gasteiger partial charge in [-0.25, -0.2) is 0 Å². The Labute approximate surface area is 115 Å². The highest BCUT2D eigenvalue weighted by molar-refractivity contribution is 5.73. The van der Waals surface area contributed by atoms with Gasteiger partial charge in [-0.3, -0.25) is 9.78 Å². The van der Waals surface area contributed by atoms with E-state index < -0.39 is 0 Å². The van der Waals surface area contributed by atoms with Crippen LogP contribution in [0, 0.1) is 13.8 Å². The monoisotopic (exact) mass is 258 g/mol. The maximum Gasteiger partial charge on any atom is 0.210 e. The van der Waals surface area contributed by atoms with E-state index in [9.17, 15) is 4.79 Å². The van der Waals surface area contributed by atoms with Crippen LogP contribution in [-0.2, 0) is 4.79 Å². The summed E-state index contributed by atoms with van der Waals surface area (Å²) >= 11 is 0. The van der Waals surface area contributed by atoms with Gasteiger partial charge < -0.3 is 4.90 Å². The van der Waals surface area contributed by atoms with Crippen LogP contribution in [0.1, 0.15) is 43.6 Å². The van der Waals surface area contributed by atoms with E-state index in [1.807, 2.05) is 31.7 Å². The summed E-state index contributed by atoms with van der Waals surface area (Å²) in [6, 6.07) is 4.68. The Bertz CT molecular complexity index is 503. The normalized spacial score (nSPS) is 17.2. The fraction of sp³-hybridized carbons (Fsp3) is 0.500. The molecule has 0 saturated heterocycles. The first-order valence-corrected chi connectivity index (χ1v) is 6.92. The topological polar surface area (TPSA) is 33.2 Å². The number of aromatic nitrogens is 1. The van der Waals surface area contributed by atoms with Crippen molar-refractivity contribution in [2.45, 2.75) is 52.6 Å². The molecule has 0 aromatic carbocycles. The van der Waals surface area contributed by atoms with E-state index in [0.29, 0.717) is 6.04 Å². The smallest absolute Gasteiger partial charge is 0.210 e. The summed E-state index contributed by atoms with van der Waals surface area (Å²) in [4.78, 5) is 17.8. The lowest BCUT2D eigenvalue weighted by Crippen LogP contribution is -2.34. The number of carbonyl (C=O) groups is 1. The van der Waals surface area contributed by atoms with E-state index in [2.05, 4.69) is 24.1 Å². The van der Waals surface area contributed by atoms with Gasteiger partial charge in [0.05, 0.1) is 6.04 Å². The van der Waals surface area contributed by atoms with Crippen LogP contribution >= 0.6 is 0 Å². The molecule has 3 heteroatoms. The van der Waals surface area contributed by atoms with Crippen LogP contribution in [0.15, 0.2) is 18.2 Å². The Kier molecular flexibility index (Phi) is 4.03. The predicted octanol–water partition coefficient (Wildman–Crippen LogP) is 3.11. The van der Waals surface area contributed by atoms with Crippen molar-refractivity contribution >= 4 is 12.0 Å². The zero-order chi connectivity index (χ0) is 14.0. The zero-order valence-electron chi connectivity index (χ0n) is 12.2. The maximum atomic E-state index is 11.3. The Morgan fingerprint density at radius 3 is 2.58 bits per heavy atom. The molecular formula is C16H22N2O. The van der Waals surface area contributed by atoms with Crippen LogP contribution in [0.25, 0.3) is 5.57 Å². The first kappa shape index (κ1) is 13.8. The molecule has 1 aliphatic rings. The third-order valence-corrected chi connectivity index (χ3v) is 3.83. The molecule has 0 N–H and O–H groups in total. The van der Waals surface area contributed by atoms with Gasteiger partial charge in [-0.15, -0.1) is 0 Å². The van der Waals surface area contributed by atoms with Crippen molar-refractivity contribution < 1.29 is 4.79 Å². The molecule has 1 amide bonds. The van der Waals surface area contributed by atoms with Gasteiger partial charge in [0.2, 0.25) is 6.41 Å². The number of aryl methyl sites for hydroxylation is 2. The second-order valence-corrected chi connectivity index (χ2v) is 5.29. The molecule has 1 unspecified atom stereocenters. The number of rotatable bonds is 5. The fourth-order valence-corrected chi connectivity index (χ4v) is 2.64. The average Bonchev–Trinajstić information content (AvgIpc) is 3.18. The standard InChI is InChI=1S/C16H22N2O/c1-5-15(13(4)18(10-19)14-7-8-14)16-9-6-11(2)17-12(16)3/h5-6,9-10,13-14H,7-8H2,1-4H3/b15-5-. The Balaban J connectivity index is 2.31. The van der Waals surface area contributed by atoms with Gasteiger partial charge in [0, 0.05) is 23.0 Å². The van der Waals surface area contributed by atoms with Crippen LogP contribution in [-0.4, -0.2) is 28.4 Å². The summed E-state index contributed by atoms with van der Waals surface area (Å²) in [6.45, 7) is 8.15. The number of hydrogen-bond donors (Lipinski definition) is 0. The molecule has 0 radical (unpaired) electrons. The van der Waals surface area contributed by atoms with E-state index in [0.717, 1.165) is 36.2 Å². The maximum absolute atomic E-state index is 11.3. The van der Waals surface area contributed by atoms with E-state index in [-0.39, 0.29) is 6.04 Å². The van der Waals surface area contributed by atoms with Crippen molar-refractivity contribution in [3.05, 3.63) is 35.2 Å². The summed E-state index contributed by atoms with van der Waals surface area (Å²) in [5, 5.41) is 0. The lowest BCUT2D eigenvalue weighted by Gasteiger charge is -2.28. The number of allylic oxidation sites excluding steroid dienone is 1. The van der Waals surface area contributed by atoms with Crippen molar-refractivity contribution in [2.75, 3.05) is 0 Å². The molecule has 0 bridgehead atoms. The van der Waals surface area contributed by atoms with Crippen molar-refractivity contribution in [1.82, 2.24) is 9.88 Å². The van der Waals surface area contributed by atoms with Crippen molar-refractivity contribution in [1.29, 1.82) is 0 Å².